The predicted molar refractivity (Wildman–Crippen MR) is 81.1 cm³/mol. The fourth-order valence-electron chi connectivity index (χ4n) is 2.53. The molecule has 5 nitrogen and oxygen atoms in total. The van der Waals surface area contributed by atoms with Crippen molar-refractivity contribution in [3.63, 3.8) is 0 Å². The minimum absolute atomic E-state index is 0.0498. The van der Waals surface area contributed by atoms with E-state index in [1.54, 1.807) is 4.90 Å². The highest BCUT2D eigenvalue weighted by atomic mass is 16.5. The molecule has 2 unspecified atom stereocenters. The van der Waals surface area contributed by atoms with Crippen molar-refractivity contribution >= 4 is 17.5 Å². The average Bonchev–Trinajstić information content (AvgIpc) is 2.41. The zero-order valence-corrected chi connectivity index (χ0v) is 13.0. The number of nitrogens with one attached hydrogen (secondary N) is 1. The fraction of sp³-hybridized carbons (Fsp3) is 0.500. The van der Waals surface area contributed by atoms with Gasteiger partial charge in [-0.2, -0.15) is 0 Å². The number of ether oxygens (including phenoxy) is 1. The van der Waals surface area contributed by atoms with E-state index in [0.717, 1.165) is 11.1 Å². The third-order valence-electron chi connectivity index (χ3n) is 3.54. The van der Waals surface area contributed by atoms with Crippen molar-refractivity contribution in [3.8, 4) is 0 Å². The van der Waals surface area contributed by atoms with Gasteiger partial charge in [-0.25, -0.2) is 0 Å². The maximum atomic E-state index is 12.2. The SMILES string of the molecule is Cc1ccc(C)c(NC(=O)C(=O)N2CC(C)OC(C)C2)c1. The normalized spacial score (nSPS) is 22.0. The Balaban J connectivity index is 2.06. The number of nitrogens with zero attached hydrogens (tertiary/aromatic N) is 1. The summed E-state index contributed by atoms with van der Waals surface area (Å²) in [7, 11) is 0. The lowest BCUT2D eigenvalue weighted by Gasteiger charge is -2.34. The molecule has 0 saturated carbocycles. The van der Waals surface area contributed by atoms with Gasteiger partial charge in [0.05, 0.1) is 12.2 Å². The number of hydrogen-bond donors (Lipinski definition) is 1. The van der Waals surface area contributed by atoms with Gasteiger partial charge in [0.2, 0.25) is 0 Å². The van der Waals surface area contributed by atoms with E-state index in [1.165, 1.54) is 0 Å². The van der Waals surface area contributed by atoms with Crippen LogP contribution in [0.3, 0.4) is 0 Å². The lowest BCUT2D eigenvalue weighted by Crippen LogP contribution is -2.51. The van der Waals surface area contributed by atoms with Gasteiger partial charge in [-0.15, -0.1) is 0 Å². The molecule has 1 aliphatic heterocycles. The van der Waals surface area contributed by atoms with Crippen LogP contribution >= 0.6 is 0 Å². The molecule has 1 saturated heterocycles. The van der Waals surface area contributed by atoms with Gasteiger partial charge < -0.3 is 15.0 Å². The summed E-state index contributed by atoms with van der Waals surface area (Å²) in [6, 6.07) is 5.76. The number of anilines is 1. The van der Waals surface area contributed by atoms with Gasteiger partial charge in [-0.1, -0.05) is 12.1 Å². The second-order valence-electron chi connectivity index (χ2n) is 5.74. The standard InChI is InChI=1S/C16H22N2O3/c1-10-5-6-11(2)14(7-10)17-15(19)16(20)18-8-12(3)21-13(4)9-18/h5-7,12-13H,8-9H2,1-4H3,(H,17,19). The summed E-state index contributed by atoms with van der Waals surface area (Å²) in [6.07, 6.45) is -0.0996. The molecule has 0 bridgehead atoms. The highest BCUT2D eigenvalue weighted by Crippen LogP contribution is 2.17. The van der Waals surface area contributed by atoms with Crippen molar-refractivity contribution in [2.75, 3.05) is 18.4 Å². The summed E-state index contributed by atoms with van der Waals surface area (Å²) >= 11 is 0. The molecule has 1 heterocycles. The summed E-state index contributed by atoms with van der Waals surface area (Å²) in [5.41, 5.74) is 2.66. The molecular weight excluding hydrogens is 268 g/mol. The number of rotatable bonds is 1. The molecule has 5 heteroatoms. The number of hydrogen-bond acceptors (Lipinski definition) is 3. The first-order valence-corrected chi connectivity index (χ1v) is 7.19. The van der Waals surface area contributed by atoms with Gasteiger partial charge in [-0.3, -0.25) is 9.59 Å². The number of carbonyl (C=O) groups is 2. The molecule has 0 aliphatic carbocycles. The molecule has 114 valence electrons. The van der Waals surface area contributed by atoms with Crippen LogP contribution in [0.5, 0.6) is 0 Å². The summed E-state index contributed by atoms with van der Waals surface area (Å²) in [5, 5.41) is 2.71. The van der Waals surface area contributed by atoms with E-state index in [9.17, 15) is 9.59 Å². The van der Waals surface area contributed by atoms with E-state index in [-0.39, 0.29) is 12.2 Å². The maximum absolute atomic E-state index is 12.2. The molecule has 1 N–H and O–H groups in total. The molecule has 1 fully saturated rings. The Morgan fingerprint density at radius 1 is 1.19 bits per heavy atom. The third-order valence-corrected chi connectivity index (χ3v) is 3.54. The van der Waals surface area contributed by atoms with Crippen LogP contribution < -0.4 is 5.32 Å². The maximum Gasteiger partial charge on any atom is 0.313 e. The van der Waals surface area contributed by atoms with E-state index < -0.39 is 11.8 Å². The number of benzene rings is 1. The largest absolute Gasteiger partial charge is 0.372 e. The molecular formula is C16H22N2O3. The van der Waals surface area contributed by atoms with Gasteiger partial charge in [0.15, 0.2) is 0 Å². The Bertz CT molecular complexity index is 546. The first-order valence-electron chi connectivity index (χ1n) is 7.19. The topological polar surface area (TPSA) is 58.6 Å². The molecule has 1 aliphatic rings. The second-order valence-corrected chi connectivity index (χ2v) is 5.74. The Morgan fingerprint density at radius 2 is 1.81 bits per heavy atom. The number of amides is 2. The smallest absolute Gasteiger partial charge is 0.313 e. The summed E-state index contributed by atoms with van der Waals surface area (Å²) < 4.78 is 5.57. The lowest BCUT2D eigenvalue weighted by molar-refractivity contribution is -0.151. The Hall–Kier alpha value is -1.88. The zero-order valence-electron chi connectivity index (χ0n) is 13.0. The van der Waals surface area contributed by atoms with E-state index in [0.29, 0.717) is 18.8 Å². The van der Waals surface area contributed by atoms with E-state index in [2.05, 4.69) is 5.32 Å². The predicted octanol–water partition coefficient (Wildman–Crippen LogP) is 1.88. The molecule has 2 amide bonds. The Labute approximate surface area is 125 Å². The zero-order chi connectivity index (χ0) is 15.6. The molecule has 2 rings (SSSR count). The monoisotopic (exact) mass is 290 g/mol. The molecule has 21 heavy (non-hydrogen) atoms. The molecule has 0 radical (unpaired) electrons. The molecule has 1 aromatic carbocycles. The fourth-order valence-corrected chi connectivity index (χ4v) is 2.53. The molecule has 1 aromatic rings. The van der Waals surface area contributed by atoms with Crippen molar-refractivity contribution in [1.29, 1.82) is 0 Å². The number of carbonyl (C=O) groups excluding carboxylic acids is 2. The highest BCUT2D eigenvalue weighted by molar-refractivity contribution is 6.39. The molecule has 0 spiro atoms. The summed E-state index contributed by atoms with van der Waals surface area (Å²) in [4.78, 5) is 25.9. The van der Waals surface area contributed by atoms with Gasteiger partial charge >= 0.3 is 11.8 Å². The third kappa shape index (κ3) is 3.82. The molecule has 0 aromatic heterocycles. The molecule has 2 atom stereocenters. The van der Waals surface area contributed by atoms with Gasteiger partial charge in [-0.05, 0) is 44.9 Å². The van der Waals surface area contributed by atoms with Crippen LogP contribution in [0.2, 0.25) is 0 Å². The van der Waals surface area contributed by atoms with Crippen LogP contribution in [0.25, 0.3) is 0 Å². The van der Waals surface area contributed by atoms with Crippen molar-refractivity contribution in [2.45, 2.75) is 39.9 Å². The van der Waals surface area contributed by atoms with Gasteiger partial charge in [0.25, 0.3) is 0 Å². The van der Waals surface area contributed by atoms with E-state index >= 15 is 0 Å². The van der Waals surface area contributed by atoms with Crippen molar-refractivity contribution in [3.05, 3.63) is 29.3 Å². The Kier molecular flexibility index (Phi) is 4.63. The minimum atomic E-state index is -0.593. The van der Waals surface area contributed by atoms with Crippen LogP contribution in [-0.4, -0.2) is 42.0 Å². The van der Waals surface area contributed by atoms with Crippen LogP contribution in [0, 0.1) is 13.8 Å². The quantitative estimate of drug-likeness (QED) is 0.803. The number of morpholine rings is 1. The Morgan fingerprint density at radius 3 is 2.43 bits per heavy atom. The first kappa shape index (κ1) is 15.5. The van der Waals surface area contributed by atoms with Gasteiger partial charge in [0, 0.05) is 18.8 Å². The average molecular weight is 290 g/mol. The number of aryl methyl sites for hydroxylation is 2. The summed E-state index contributed by atoms with van der Waals surface area (Å²) in [6.45, 7) is 8.55. The van der Waals surface area contributed by atoms with Crippen LogP contribution in [0.4, 0.5) is 5.69 Å². The van der Waals surface area contributed by atoms with Crippen molar-refractivity contribution in [1.82, 2.24) is 4.90 Å². The van der Waals surface area contributed by atoms with Gasteiger partial charge in [0.1, 0.15) is 0 Å². The second kappa shape index (κ2) is 6.26. The minimum Gasteiger partial charge on any atom is -0.372 e. The van der Waals surface area contributed by atoms with Crippen LogP contribution in [0.15, 0.2) is 18.2 Å². The van der Waals surface area contributed by atoms with Crippen molar-refractivity contribution in [2.24, 2.45) is 0 Å². The van der Waals surface area contributed by atoms with E-state index in [4.69, 9.17) is 4.74 Å². The highest BCUT2D eigenvalue weighted by Gasteiger charge is 2.29. The van der Waals surface area contributed by atoms with Crippen LogP contribution in [0.1, 0.15) is 25.0 Å². The summed E-state index contributed by atoms with van der Waals surface area (Å²) in [5.74, 6) is -1.09. The lowest BCUT2D eigenvalue weighted by atomic mass is 10.1. The van der Waals surface area contributed by atoms with Crippen molar-refractivity contribution < 1.29 is 14.3 Å². The van der Waals surface area contributed by atoms with E-state index in [1.807, 2.05) is 45.9 Å². The van der Waals surface area contributed by atoms with Crippen LogP contribution in [-0.2, 0) is 14.3 Å². The first-order chi connectivity index (χ1) is 9.86.